The SMILES string of the molecule is CCOC(=O)c1ccc(N2C(=O)C3Sc4c(sc(=O)n4CC(=O)N4CCOCC4)C(c4ccccc4O)C3C2=O)cc1. The number of aromatic hydroxyl groups is 1. The molecule has 2 fully saturated rings. The van der Waals surface area contributed by atoms with Crippen LogP contribution in [-0.4, -0.2) is 76.4 Å². The van der Waals surface area contributed by atoms with Crippen LogP contribution in [0, 0.1) is 5.92 Å². The minimum Gasteiger partial charge on any atom is -0.508 e. The molecule has 3 aliphatic heterocycles. The second-order valence-corrected chi connectivity index (χ2v) is 12.1. The molecule has 42 heavy (non-hydrogen) atoms. The molecule has 3 aliphatic rings. The van der Waals surface area contributed by atoms with Gasteiger partial charge in [0.15, 0.2) is 0 Å². The van der Waals surface area contributed by atoms with Crippen molar-refractivity contribution in [2.24, 2.45) is 5.92 Å². The quantitative estimate of drug-likeness (QED) is 0.330. The molecule has 4 heterocycles. The molecule has 0 radical (unpaired) electrons. The average molecular weight is 610 g/mol. The van der Waals surface area contributed by atoms with E-state index in [9.17, 15) is 29.1 Å². The van der Waals surface area contributed by atoms with Gasteiger partial charge in [-0.05, 0) is 37.3 Å². The Labute approximate surface area is 248 Å². The predicted molar refractivity (Wildman–Crippen MR) is 154 cm³/mol. The molecule has 3 amide bonds. The van der Waals surface area contributed by atoms with Crippen LogP contribution >= 0.6 is 23.1 Å². The fourth-order valence-electron chi connectivity index (χ4n) is 5.60. The van der Waals surface area contributed by atoms with Gasteiger partial charge in [0, 0.05) is 29.4 Å². The lowest BCUT2D eigenvalue weighted by Crippen LogP contribution is -2.43. The standard InChI is InChI=1S/C29H27N3O8S2/c1-2-40-28(37)16-7-9-17(10-8-16)32-25(35)22-21(18-5-3-4-6-19(18)33)24-27(41-23(22)26(32)36)31(29(38)42-24)15-20(34)30-11-13-39-14-12-30/h3-10,21-23,33H,2,11-15H2,1H3. The first-order valence-corrected chi connectivity index (χ1v) is 15.2. The summed E-state index contributed by atoms with van der Waals surface area (Å²) in [7, 11) is 0. The van der Waals surface area contributed by atoms with E-state index >= 15 is 0 Å². The van der Waals surface area contributed by atoms with E-state index in [-0.39, 0.29) is 35.2 Å². The number of carbonyl (C=O) groups excluding carboxylic acids is 4. The van der Waals surface area contributed by atoms with Gasteiger partial charge in [-0.3, -0.25) is 23.7 Å². The van der Waals surface area contributed by atoms with Crippen molar-refractivity contribution in [3.05, 3.63) is 74.2 Å². The van der Waals surface area contributed by atoms with E-state index in [0.29, 0.717) is 47.5 Å². The van der Waals surface area contributed by atoms with Crippen LogP contribution in [0.4, 0.5) is 5.69 Å². The first-order chi connectivity index (χ1) is 20.3. The number of ether oxygens (including phenoxy) is 2. The van der Waals surface area contributed by atoms with Crippen LogP contribution in [0.3, 0.4) is 0 Å². The number of esters is 1. The van der Waals surface area contributed by atoms with E-state index in [1.807, 2.05) is 0 Å². The Morgan fingerprint density at radius 1 is 1.02 bits per heavy atom. The highest BCUT2D eigenvalue weighted by atomic mass is 32.2. The molecule has 3 unspecified atom stereocenters. The maximum atomic E-state index is 14.0. The molecule has 1 N–H and O–H groups in total. The minimum absolute atomic E-state index is 0.0617. The summed E-state index contributed by atoms with van der Waals surface area (Å²) in [5, 5.41) is 10.4. The maximum absolute atomic E-state index is 14.0. The zero-order valence-corrected chi connectivity index (χ0v) is 24.2. The minimum atomic E-state index is -0.908. The number of fused-ring (bicyclic) bond motifs is 2. The molecular weight excluding hydrogens is 582 g/mol. The summed E-state index contributed by atoms with van der Waals surface area (Å²) in [5.74, 6) is -3.46. The highest BCUT2D eigenvalue weighted by Gasteiger charge is 2.57. The summed E-state index contributed by atoms with van der Waals surface area (Å²) in [5.41, 5.74) is 1.00. The highest BCUT2D eigenvalue weighted by molar-refractivity contribution is 8.00. The number of nitrogens with zero attached hydrogens (tertiary/aromatic N) is 3. The summed E-state index contributed by atoms with van der Waals surface area (Å²) in [6, 6.07) is 12.6. The number of benzene rings is 2. The number of hydrogen-bond acceptors (Lipinski definition) is 10. The van der Waals surface area contributed by atoms with Gasteiger partial charge in [-0.2, -0.15) is 0 Å². The predicted octanol–water partition coefficient (Wildman–Crippen LogP) is 2.45. The summed E-state index contributed by atoms with van der Waals surface area (Å²) in [6.07, 6.45) is 0. The van der Waals surface area contributed by atoms with Gasteiger partial charge in [-0.25, -0.2) is 9.69 Å². The van der Waals surface area contributed by atoms with Gasteiger partial charge >= 0.3 is 10.8 Å². The Kier molecular flexibility index (Phi) is 7.64. The van der Waals surface area contributed by atoms with Crippen molar-refractivity contribution in [1.82, 2.24) is 9.47 Å². The van der Waals surface area contributed by atoms with E-state index < -0.39 is 34.9 Å². The number of anilines is 1. The largest absolute Gasteiger partial charge is 0.508 e. The van der Waals surface area contributed by atoms with Crippen molar-refractivity contribution in [3.8, 4) is 5.75 Å². The molecular formula is C29H27N3O8S2. The van der Waals surface area contributed by atoms with E-state index in [1.165, 1.54) is 34.9 Å². The Morgan fingerprint density at radius 3 is 2.43 bits per heavy atom. The van der Waals surface area contributed by atoms with Crippen LogP contribution < -0.4 is 9.77 Å². The topological polar surface area (TPSA) is 135 Å². The number of hydrogen-bond donors (Lipinski definition) is 1. The van der Waals surface area contributed by atoms with Gasteiger partial charge in [-0.15, -0.1) is 0 Å². The van der Waals surface area contributed by atoms with Crippen molar-refractivity contribution in [2.45, 2.75) is 29.7 Å². The summed E-state index contributed by atoms with van der Waals surface area (Å²) in [6.45, 7) is 3.40. The molecule has 2 saturated heterocycles. The molecule has 2 aromatic carbocycles. The summed E-state index contributed by atoms with van der Waals surface area (Å²) in [4.78, 5) is 69.3. The Bertz CT molecular complexity index is 1630. The van der Waals surface area contributed by atoms with Crippen LogP contribution in [0.2, 0.25) is 0 Å². The van der Waals surface area contributed by atoms with Gasteiger partial charge in [0.25, 0.3) is 0 Å². The first kappa shape index (κ1) is 28.2. The van der Waals surface area contributed by atoms with Crippen molar-refractivity contribution in [3.63, 3.8) is 0 Å². The van der Waals surface area contributed by atoms with Crippen molar-refractivity contribution in [1.29, 1.82) is 0 Å². The molecule has 1 aromatic heterocycles. The number of imide groups is 1. The molecule has 3 aromatic rings. The van der Waals surface area contributed by atoms with E-state index in [1.54, 1.807) is 30.0 Å². The smallest absolute Gasteiger partial charge is 0.338 e. The van der Waals surface area contributed by atoms with Crippen LogP contribution in [0.15, 0.2) is 58.4 Å². The fourth-order valence-corrected chi connectivity index (χ4v) is 8.37. The molecule has 11 nitrogen and oxygen atoms in total. The van der Waals surface area contributed by atoms with E-state index in [0.717, 1.165) is 28.0 Å². The maximum Gasteiger partial charge on any atom is 0.338 e. The van der Waals surface area contributed by atoms with Gasteiger partial charge in [-0.1, -0.05) is 41.3 Å². The Hall–Kier alpha value is -3.94. The Morgan fingerprint density at radius 2 is 1.74 bits per heavy atom. The number of aromatic nitrogens is 1. The number of amides is 3. The number of phenolic OH excluding ortho intramolecular Hbond substituents is 1. The van der Waals surface area contributed by atoms with Gasteiger partial charge in [0.05, 0.1) is 42.0 Å². The van der Waals surface area contributed by atoms with Crippen LogP contribution in [-0.2, 0) is 30.4 Å². The molecule has 0 aliphatic carbocycles. The second-order valence-electron chi connectivity index (χ2n) is 10.00. The molecule has 3 atom stereocenters. The van der Waals surface area contributed by atoms with Crippen LogP contribution in [0.25, 0.3) is 0 Å². The molecule has 13 heteroatoms. The van der Waals surface area contributed by atoms with Gasteiger partial charge in [0.1, 0.15) is 17.5 Å². The fraction of sp³-hybridized carbons (Fsp3) is 0.345. The number of para-hydroxylation sites is 1. The van der Waals surface area contributed by atoms with Crippen LogP contribution in [0.5, 0.6) is 5.75 Å². The normalized spacial score (nSPS) is 21.7. The average Bonchev–Trinajstić information content (AvgIpc) is 3.44. The van der Waals surface area contributed by atoms with E-state index in [4.69, 9.17) is 9.47 Å². The zero-order valence-electron chi connectivity index (χ0n) is 22.6. The lowest BCUT2D eigenvalue weighted by Gasteiger charge is -2.31. The van der Waals surface area contributed by atoms with Crippen molar-refractivity contribution in [2.75, 3.05) is 37.8 Å². The highest BCUT2D eigenvalue weighted by Crippen LogP contribution is 2.55. The summed E-state index contributed by atoms with van der Waals surface area (Å²) >= 11 is 2.03. The molecule has 6 rings (SSSR count). The zero-order chi connectivity index (χ0) is 29.5. The summed E-state index contributed by atoms with van der Waals surface area (Å²) < 4.78 is 11.7. The lowest BCUT2D eigenvalue weighted by atomic mass is 9.82. The van der Waals surface area contributed by atoms with Gasteiger partial charge < -0.3 is 19.5 Å². The number of thioether (sulfide) groups is 1. The lowest BCUT2D eigenvalue weighted by molar-refractivity contribution is -0.136. The molecule has 0 bridgehead atoms. The first-order valence-electron chi connectivity index (χ1n) is 13.5. The van der Waals surface area contributed by atoms with Crippen molar-refractivity contribution < 1.29 is 33.8 Å². The Balaban J connectivity index is 1.40. The molecule has 218 valence electrons. The number of rotatable bonds is 6. The number of carbonyl (C=O) groups is 4. The van der Waals surface area contributed by atoms with Crippen molar-refractivity contribution >= 4 is 52.5 Å². The van der Waals surface area contributed by atoms with Crippen LogP contribution in [0.1, 0.15) is 33.6 Å². The molecule has 0 spiro atoms. The third-order valence-corrected chi connectivity index (χ3v) is 10.2. The molecule has 0 saturated carbocycles. The van der Waals surface area contributed by atoms with Gasteiger partial charge in [0.2, 0.25) is 17.7 Å². The number of thiazole rings is 1. The number of morpholine rings is 1. The third kappa shape index (κ3) is 4.80. The van der Waals surface area contributed by atoms with E-state index in [2.05, 4.69) is 0 Å². The third-order valence-electron chi connectivity index (χ3n) is 7.61. The monoisotopic (exact) mass is 609 g/mol. The number of phenols is 1. The second kappa shape index (κ2) is 11.4.